The zero-order chi connectivity index (χ0) is 14.8. The van der Waals surface area contributed by atoms with E-state index in [1.807, 2.05) is 12.1 Å². The van der Waals surface area contributed by atoms with E-state index < -0.39 is 10.0 Å². The molecule has 2 rings (SSSR count). The molecule has 1 aromatic carbocycles. The summed E-state index contributed by atoms with van der Waals surface area (Å²) in [7, 11) is -3.31. The van der Waals surface area contributed by atoms with Gasteiger partial charge in [-0.1, -0.05) is 11.6 Å². The number of sulfonamides is 1. The van der Waals surface area contributed by atoms with Crippen molar-refractivity contribution in [2.45, 2.75) is 6.54 Å². The van der Waals surface area contributed by atoms with Gasteiger partial charge in [-0.2, -0.15) is 0 Å². The summed E-state index contributed by atoms with van der Waals surface area (Å²) in [5.74, 6) is 0.770. The molecule has 0 saturated carbocycles. The van der Waals surface area contributed by atoms with Crippen LogP contribution in [0.1, 0.15) is 5.76 Å². The maximum atomic E-state index is 11.2. The van der Waals surface area contributed by atoms with Crippen molar-refractivity contribution < 1.29 is 12.8 Å². The molecule has 0 aliphatic rings. The summed E-state index contributed by atoms with van der Waals surface area (Å²) >= 11 is 8.15. The lowest BCUT2D eigenvalue weighted by molar-refractivity contribution is 0.493. The number of furan rings is 1. The van der Waals surface area contributed by atoms with Crippen LogP contribution in [0, 0.1) is 3.77 Å². The molecule has 2 aromatic rings. The monoisotopic (exact) mass is 426 g/mol. The number of nitrogens with one attached hydrogen (secondary N) is 2. The molecule has 8 heteroatoms. The van der Waals surface area contributed by atoms with Crippen molar-refractivity contribution in [3.8, 4) is 0 Å². The molecular formula is C12H12ClIN2O3S. The maximum Gasteiger partial charge on any atom is 0.229 e. The molecule has 0 bridgehead atoms. The highest BCUT2D eigenvalue weighted by Crippen LogP contribution is 2.26. The first-order valence-corrected chi connectivity index (χ1v) is 8.94. The third-order valence-electron chi connectivity index (χ3n) is 2.35. The Morgan fingerprint density at radius 2 is 2.05 bits per heavy atom. The van der Waals surface area contributed by atoms with Crippen molar-refractivity contribution >= 4 is 55.6 Å². The minimum Gasteiger partial charge on any atom is -0.454 e. The fourth-order valence-electron chi connectivity index (χ4n) is 1.57. The van der Waals surface area contributed by atoms with Gasteiger partial charge >= 0.3 is 0 Å². The third kappa shape index (κ3) is 4.57. The fraction of sp³-hybridized carbons (Fsp3) is 0.167. The molecular weight excluding hydrogens is 415 g/mol. The van der Waals surface area contributed by atoms with Crippen molar-refractivity contribution in [3.05, 3.63) is 44.9 Å². The zero-order valence-corrected chi connectivity index (χ0v) is 14.2. The van der Waals surface area contributed by atoms with Crippen LogP contribution in [0.5, 0.6) is 0 Å². The van der Waals surface area contributed by atoms with Crippen LogP contribution in [-0.2, 0) is 16.6 Å². The number of benzene rings is 1. The summed E-state index contributed by atoms with van der Waals surface area (Å²) in [4.78, 5) is 0. The molecule has 5 nitrogen and oxygen atoms in total. The van der Waals surface area contributed by atoms with E-state index in [2.05, 4.69) is 32.6 Å². The molecule has 0 aliphatic heterocycles. The Morgan fingerprint density at radius 1 is 1.30 bits per heavy atom. The standard InChI is InChI=1S/C12H12ClIN2O3S/c1-20(17,18)16-8-2-4-10(13)11(6-8)15-7-9-3-5-12(14)19-9/h2-6,15-16H,7H2,1H3. The van der Waals surface area contributed by atoms with Crippen LogP contribution in [-0.4, -0.2) is 14.7 Å². The van der Waals surface area contributed by atoms with Gasteiger partial charge in [-0.3, -0.25) is 4.72 Å². The second kappa shape index (κ2) is 6.23. The van der Waals surface area contributed by atoms with E-state index >= 15 is 0 Å². The predicted molar refractivity (Wildman–Crippen MR) is 88.7 cm³/mol. The van der Waals surface area contributed by atoms with Crippen LogP contribution in [0.2, 0.25) is 5.02 Å². The third-order valence-corrected chi connectivity index (χ3v) is 3.87. The average molecular weight is 427 g/mol. The van der Waals surface area contributed by atoms with E-state index in [1.54, 1.807) is 18.2 Å². The molecule has 0 radical (unpaired) electrons. The fourth-order valence-corrected chi connectivity index (χ4v) is 2.77. The normalized spacial score (nSPS) is 11.3. The van der Waals surface area contributed by atoms with Gasteiger partial charge in [0.1, 0.15) is 5.76 Å². The molecule has 0 spiro atoms. The quantitative estimate of drug-likeness (QED) is 0.718. The van der Waals surface area contributed by atoms with Gasteiger partial charge in [-0.05, 0) is 52.9 Å². The Balaban J connectivity index is 2.12. The number of halogens is 2. The smallest absolute Gasteiger partial charge is 0.229 e. The van der Waals surface area contributed by atoms with Gasteiger partial charge in [0.2, 0.25) is 10.0 Å². The van der Waals surface area contributed by atoms with Crippen LogP contribution in [0.3, 0.4) is 0 Å². The minimum atomic E-state index is -3.31. The molecule has 0 atom stereocenters. The van der Waals surface area contributed by atoms with Gasteiger partial charge in [0, 0.05) is 0 Å². The van der Waals surface area contributed by atoms with E-state index in [0.717, 1.165) is 15.8 Å². The summed E-state index contributed by atoms with van der Waals surface area (Å²) in [6.07, 6.45) is 1.10. The van der Waals surface area contributed by atoms with Gasteiger partial charge in [0.25, 0.3) is 0 Å². The second-order valence-electron chi connectivity index (χ2n) is 4.13. The molecule has 0 aliphatic carbocycles. The minimum absolute atomic E-state index is 0.452. The molecule has 20 heavy (non-hydrogen) atoms. The maximum absolute atomic E-state index is 11.2. The van der Waals surface area contributed by atoms with E-state index in [4.69, 9.17) is 16.0 Å². The molecule has 108 valence electrons. The topological polar surface area (TPSA) is 71.3 Å². The molecule has 2 N–H and O–H groups in total. The number of anilines is 2. The van der Waals surface area contributed by atoms with Gasteiger partial charge < -0.3 is 9.73 Å². The van der Waals surface area contributed by atoms with Crippen LogP contribution in [0.4, 0.5) is 11.4 Å². The summed E-state index contributed by atoms with van der Waals surface area (Å²) in [6, 6.07) is 8.59. The van der Waals surface area contributed by atoms with E-state index in [-0.39, 0.29) is 0 Å². The van der Waals surface area contributed by atoms with Gasteiger partial charge in [-0.15, -0.1) is 0 Å². The van der Waals surface area contributed by atoms with Crippen molar-refractivity contribution in [1.82, 2.24) is 0 Å². The number of hydrogen-bond donors (Lipinski definition) is 2. The van der Waals surface area contributed by atoms with Crippen molar-refractivity contribution in [2.75, 3.05) is 16.3 Å². The molecule has 0 amide bonds. The molecule has 1 aromatic heterocycles. The summed E-state index contributed by atoms with van der Waals surface area (Å²) < 4.78 is 31.0. The predicted octanol–water partition coefficient (Wildman–Crippen LogP) is 3.52. The van der Waals surface area contributed by atoms with Crippen molar-refractivity contribution in [2.24, 2.45) is 0 Å². The SMILES string of the molecule is CS(=O)(=O)Nc1ccc(Cl)c(NCc2ccc(I)o2)c1. The zero-order valence-electron chi connectivity index (χ0n) is 10.5. The Bertz CT molecular complexity index is 715. The van der Waals surface area contributed by atoms with Crippen LogP contribution in [0.15, 0.2) is 34.7 Å². The van der Waals surface area contributed by atoms with Crippen LogP contribution in [0.25, 0.3) is 0 Å². The van der Waals surface area contributed by atoms with Gasteiger partial charge in [-0.25, -0.2) is 8.42 Å². The first-order valence-electron chi connectivity index (χ1n) is 5.59. The molecule has 0 unspecified atom stereocenters. The lowest BCUT2D eigenvalue weighted by atomic mass is 10.3. The second-order valence-corrected chi connectivity index (χ2v) is 7.35. The van der Waals surface area contributed by atoms with Crippen molar-refractivity contribution in [3.63, 3.8) is 0 Å². The number of rotatable bonds is 5. The Labute approximate surface area is 135 Å². The Morgan fingerprint density at radius 3 is 2.65 bits per heavy atom. The highest BCUT2D eigenvalue weighted by Gasteiger charge is 2.07. The summed E-state index contributed by atoms with van der Waals surface area (Å²) in [5.41, 5.74) is 1.08. The van der Waals surface area contributed by atoms with Crippen LogP contribution >= 0.6 is 34.2 Å². The molecule has 1 heterocycles. The number of hydrogen-bond acceptors (Lipinski definition) is 4. The highest BCUT2D eigenvalue weighted by molar-refractivity contribution is 14.1. The van der Waals surface area contributed by atoms with Crippen molar-refractivity contribution in [1.29, 1.82) is 0 Å². The lowest BCUT2D eigenvalue weighted by Gasteiger charge is -2.10. The van der Waals surface area contributed by atoms with E-state index in [0.29, 0.717) is 22.9 Å². The summed E-state index contributed by atoms with van der Waals surface area (Å²) in [6.45, 7) is 0.463. The van der Waals surface area contributed by atoms with E-state index in [9.17, 15) is 8.42 Å². The first-order chi connectivity index (χ1) is 9.33. The molecule has 0 saturated heterocycles. The van der Waals surface area contributed by atoms with Gasteiger partial charge in [0.05, 0.1) is 29.2 Å². The van der Waals surface area contributed by atoms with E-state index in [1.165, 1.54) is 0 Å². The Kier molecular flexibility index (Phi) is 4.82. The van der Waals surface area contributed by atoms with Gasteiger partial charge in [0.15, 0.2) is 3.77 Å². The molecule has 0 fully saturated rings. The lowest BCUT2D eigenvalue weighted by Crippen LogP contribution is -2.10. The first kappa shape index (κ1) is 15.5. The largest absolute Gasteiger partial charge is 0.454 e. The highest BCUT2D eigenvalue weighted by atomic mass is 127. The van der Waals surface area contributed by atoms with Crippen LogP contribution < -0.4 is 10.0 Å². The summed E-state index contributed by atoms with van der Waals surface area (Å²) in [5, 5.41) is 3.61. The Hall–Kier alpha value is -0.930. The average Bonchev–Trinajstić information content (AvgIpc) is 2.74.